The summed E-state index contributed by atoms with van der Waals surface area (Å²) in [5, 5.41) is 10.1. The van der Waals surface area contributed by atoms with Crippen LogP contribution in [0.1, 0.15) is 60.3 Å². The van der Waals surface area contributed by atoms with Gasteiger partial charge >= 0.3 is 0 Å². The summed E-state index contributed by atoms with van der Waals surface area (Å²) < 4.78 is 6.79. The third kappa shape index (κ3) is 4.30. The molecule has 1 N–H and O–H groups in total. The predicted molar refractivity (Wildman–Crippen MR) is 139 cm³/mol. The SMILES string of the molecule is C=CCN(CCCC)C(=O)C1N([C@H](C)CO)C(=O)[C@@H]2[C@@H](C(=O)N(CC=C)CCC)[C@]3(C)OC12CC3C. The monoisotopic (exact) mass is 503 g/mol. The third-order valence-electron chi connectivity index (χ3n) is 8.59. The Labute approximate surface area is 216 Å². The van der Waals surface area contributed by atoms with Crippen molar-refractivity contribution in [1.29, 1.82) is 0 Å². The second kappa shape index (κ2) is 11.1. The fraction of sp³-hybridized carbons (Fsp3) is 0.750. The van der Waals surface area contributed by atoms with Gasteiger partial charge in [-0.15, -0.1) is 13.2 Å². The van der Waals surface area contributed by atoms with Crippen LogP contribution in [-0.2, 0) is 19.1 Å². The molecule has 0 aromatic rings. The molecule has 0 aromatic carbocycles. The Morgan fingerprint density at radius 2 is 1.78 bits per heavy atom. The maximum absolute atomic E-state index is 14.2. The molecule has 0 aromatic heterocycles. The predicted octanol–water partition coefficient (Wildman–Crippen LogP) is 2.62. The Bertz CT molecular complexity index is 877. The molecule has 3 fully saturated rings. The number of unbranched alkanes of at least 4 members (excludes halogenated alkanes) is 1. The van der Waals surface area contributed by atoms with Crippen LogP contribution >= 0.6 is 0 Å². The van der Waals surface area contributed by atoms with Crippen molar-refractivity contribution in [2.75, 3.05) is 32.8 Å². The molecule has 3 saturated heterocycles. The number of hydrogen-bond donors (Lipinski definition) is 1. The van der Waals surface area contributed by atoms with Gasteiger partial charge in [-0.3, -0.25) is 14.4 Å². The normalized spacial score (nSPS) is 33.4. The van der Waals surface area contributed by atoms with Crippen molar-refractivity contribution in [2.24, 2.45) is 17.8 Å². The highest BCUT2D eigenvalue weighted by Crippen LogP contribution is 2.65. The molecule has 0 saturated carbocycles. The van der Waals surface area contributed by atoms with Gasteiger partial charge in [0.15, 0.2) is 0 Å². The highest BCUT2D eigenvalue weighted by molar-refractivity contribution is 5.99. The van der Waals surface area contributed by atoms with Crippen molar-refractivity contribution in [1.82, 2.24) is 14.7 Å². The van der Waals surface area contributed by atoms with E-state index in [0.717, 1.165) is 19.3 Å². The summed E-state index contributed by atoms with van der Waals surface area (Å²) in [6.07, 6.45) is 6.45. The molecule has 8 heteroatoms. The van der Waals surface area contributed by atoms with E-state index in [9.17, 15) is 19.5 Å². The Balaban J connectivity index is 2.13. The summed E-state index contributed by atoms with van der Waals surface area (Å²) in [5.74, 6) is -2.07. The molecule has 0 radical (unpaired) electrons. The number of nitrogens with zero attached hydrogens (tertiary/aromatic N) is 3. The average molecular weight is 504 g/mol. The summed E-state index contributed by atoms with van der Waals surface area (Å²) >= 11 is 0. The highest BCUT2D eigenvalue weighted by atomic mass is 16.5. The molecule has 3 unspecified atom stereocenters. The minimum absolute atomic E-state index is 0.0223. The van der Waals surface area contributed by atoms with E-state index in [0.29, 0.717) is 32.6 Å². The second-order valence-electron chi connectivity index (χ2n) is 11.0. The maximum Gasteiger partial charge on any atom is 0.248 e. The summed E-state index contributed by atoms with van der Waals surface area (Å²) in [5.41, 5.74) is -1.96. The van der Waals surface area contributed by atoms with E-state index < -0.39 is 35.1 Å². The van der Waals surface area contributed by atoms with Gasteiger partial charge < -0.3 is 24.5 Å². The zero-order valence-electron chi connectivity index (χ0n) is 22.7. The Morgan fingerprint density at radius 1 is 1.17 bits per heavy atom. The topological polar surface area (TPSA) is 90.4 Å². The van der Waals surface area contributed by atoms with Gasteiger partial charge in [0.2, 0.25) is 17.7 Å². The maximum atomic E-state index is 14.2. The van der Waals surface area contributed by atoms with E-state index in [2.05, 4.69) is 20.1 Å². The van der Waals surface area contributed by atoms with Gasteiger partial charge in [0, 0.05) is 26.2 Å². The molecule has 3 rings (SSSR count). The van der Waals surface area contributed by atoms with Crippen LogP contribution in [0.4, 0.5) is 0 Å². The molecule has 3 aliphatic rings. The first-order valence-corrected chi connectivity index (χ1v) is 13.5. The first-order valence-electron chi connectivity index (χ1n) is 13.5. The summed E-state index contributed by atoms with van der Waals surface area (Å²) in [6, 6.07) is -1.47. The molecule has 2 bridgehead atoms. The van der Waals surface area contributed by atoms with E-state index >= 15 is 0 Å². The van der Waals surface area contributed by atoms with Crippen molar-refractivity contribution in [2.45, 2.75) is 83.6 Å². The van der Waals surface area contributed by atoms with Crippen LogP contribution in [0.3, 0.4) is 0 Å². The van der Waals surface area contributed by atoms with Crippen molar-refractivity contribution in [3.8, 4) is 0 Å². The lowest BCUT2D eigenvalue weighted by atomic mass is 9.62. The number of aliphatic hydroxyl groups excluding tert-OH is 1. The molecule has 202 valence electrons. The van der Waals surface area contributed by atoms with Crippen molar-refractivity contribution in [3.05, 3.63) is 25.3 Å². The zero-order chi connectivity index (χ0) is 26.8. The average Bonchev–Trinajstić information content (AvgIpc) is 3.37. The van der Waals surface area contributed by atoms with Crippen LogP contribution in [-0.4, -0.2) is 93.6 Å². The van der Waals surface area contributed by atoms with Crippen LogP contribution in [0.15, 0.2) is 25.3 Å². The first kappa shape index (κ1) is 28.4. The third-order valence-corrected chi connectivity index (χ3v) is 8.59. The number of likely N-dealkylation sites (tertiary alicyclic amines) is 1. The largest absolute Gasteiger partial charge is 0.394 e. The molecule has 7 atom stereocenters. The van der Waals surface area contributed by atoms with Gasteiger partial charge in [-0.25, -0.2) is 0 Å². The van der Waals surface area contributed by atoms with Crippen molar-refractivity contribution < 1.29 is 24.2 Å². The summed E-state index contributed by atoms with van der Waals surface area (Å²) in [7, 11) is 0. The molecular weight excluding hydrogens is 458 g/mol. The van der Waals surface area contributed by atoms with E-state index in [1.807, 2.05) is 20.8 Å². The number of fused-ring (bicyclic) bond motifs is 1. The number of amides is 3. The van der Waals surface area contributed by atoms with E-state index in [1.165, 1.54) is 4.90 Å². The second-order valence-corrected chi connectivity index (χ2v) is 11.0. The molecule has 36 heavy (non-hydrogen) atoms. The summed E-state index contributed by atoms with van der Waals surface area (Å²) in [4.78, 5) is 47.3. The van der Waals surface area contributed by atoms with Crippen molar-refractivity contribution in [3.63, 3.8) is 0 Å². The molecule has 3 aliphatic heterocycles. The van der Waals surface area contributed by atoms with E-state index in [-0.39, 0.29) is 30.2 Å². The highest BCUT2D eigenvalue weighted by Gasteiger charge is 2.80. The van der Waals surface area contributed by atoms with Crippen LogP contribution < -0.4 is 0 Å². The fourth-order valence-corrected chi connectivity index (χ4v) is 6.78. The van der Waals surface area contributed by atoms with E-state index in [1.54, 1.807) is 28.9 Å². The number of carbonyl (C=O) groups excluding carboxylic acids is 3. The minimum Gasteiger partial charge on any atom is -0.394 e. The first-order chi connectivity index (χ1) is 17.1. The zero-order valence-corrected chi connectivity index (χ0v) is 22.7. The lowest BCUT2D eigenvalue weighted by molar-refractivity contribution is -0.157. The molecule has 0 aliphatic carbocycles. The van der Waals surface area contributed by atoms with Gasteiger partial charge in [-0.2, -0.15) is 0 Å². The van der Waals surface area contributed by atoms with Gasteiger partial charge in [0.25, 0.3) is 0 Å². The lowest BCUT2D eigenvalue weighted by Crippen LogP contribution is -2.58. The number of rotatable bonds is 13. The molecule has 8 nitrogen and oxygen atoms in total. The molecular formula is C28H45N3O5. The standard InChI is InChI=1S/C28H45N3O5/c1-8-12-16-30(15-11-4)26(35)23-28-17-19(5)27(7,36-28)21(24(33)29(13-9-2)14-10-3)22(28)25(34)31(23)20(6)18-32/h9,11,19-23,32H,2,4,8,10,12-18H2,1,3,5-7H3/t19?,20-,21+,22+,23?,27-,28?/m1/s1. The Hall–Kier alpha value is -2.19. The molecule has 3 heterocycles. The number of ether oxygens (including phenoxy) is 1. The van der Waals surface area contributed by atoms with Crippen LogP contribution in [0.5, 0.6) is 0 Å². The van der Waals surface area contributed by atoms with E-state index in [4.69, 9.17) is 4.74 Å². The van der Waals surface area contributed by atoms with Gasteiger partial charge in [-0.1, -0.05) is 39.3 Å². The van der Waals surface area contributed by atoms with Crippen LogP contribution in [0.25, 0.3) is 0 Å². The van der Waals surface area contributed by atoms with Crippen LogP contribution in [0, 0.1) is 17.8 Å². The fourth-order valence-electron chi connectivity index (χ4n) is 6.78. The van der Waals surface area contributed by atoms with Gasteiger partial charge in [0.1, 0.15) is 11.6 Å². The number of hydrogen-bond acceptors (Lipinski definition) is 5. The molecule has 3 amide bonds. The van der Waals surface area contributed by atoms with Crippen LogP contribution in [0.2, 0.25) is 0 Å². The number of aliphatic hydroxyl groups is 1. The molecule has 1 spiro atoms. The lowest BCUT2D eigenvalue weighted by Gasteiger charge is -2.39. The smallest absolute Gasteiger partial charge is 0.248 e. The number of carbonyl (C=O) groups is 3. The quantitative estimate of drug-likeness (QED) is 0.390. The van der Waals surface area contributed by atoms with Crippen molar-refractivity contribution >= 4 is 17.7 Å². The summed E-state index contributed by atoms with van der Waals surface area (Å²) in [6.45, 7) is 19.0. The Kier molecular flexibility index (Phi) is 8.71. The Morgan fingerprint density at radius 3 is 2.31 bits per heavy atom. The van der Waals surface area contributed by atoms with Gasteiger partial charge in [-0.05, 0) is 39.0 Å². The van der Waals surface area contributed by atoms with Gasteiger partial charge in [0.05, 0.1) is 30.1 Å². The minimum atomic E-state index is -1.11.